The van der Waals surface area contributed by atoms with Gasteiger partial charge in [-0.3, -0.25) is 0 Å². The first-order valence-corrected chi connectivity index (χ1v) is 11.7. The van der Waals surface area contributed by atoms with Gasteiger partial charge in [-0.1, -0.05) is 114 Å². The Morgan fingerprint density at radius 1 is 0.455 bits per heavy atom. The lowest BCUT2D eigenvalue weighted by Crippen LogP contribution is -1.97. The zero-order chi connectivity index (χ0) is 22.4. The molecule has 6 rings (SSSR count). The minimum Gasteiger partial charge on any atom is -0.0622 e. The molecule has 0 bridgehead atoms. The summed E-state index contributed by atoms with van der Waals surface area (Å²) in [4.78, 5) is 0. The van der Waals surface area contributed by atoms with Crippen molar-refractivity contribution in [2.75, 3.05) is 0 Å². The van der Waals surface area contributed by atoms with Crippen LogP contribution < -0.4 is 0 Å². The largest absolute Gasteiger partial charge is 0.0622 e. The van der Waals surface area contributed by atoms with E-state index >= 15 is 0 Å². The van der Waals surface area contributed by atoms with E-state index in [1.165, 1.54) is 66.8 Å². The summed E-state index contributed by atoms with van der Waals surface area (Å²) < 4.78 is 0. The topological polar surface area (TPSA) is 0 Å². The maximum absolute atomic E-state index is 2.44. The number of hydrogen-bond acceptors (Lipinski definition) is 0. The van der Waals surface area contributed by atoms with Gasteiger partial charge in [-0.2, -0.15) is 0 Å². The average Bonchev–Trinajstić information content (AvgIpc) is 3.23. The van der Waals surface area contributed by atoms with E-state index in [9.17, 15) is 0 Å². The Labute approximate surface area is 196 Å². The molecule has 0 radical (unpaired) electrons. The van der Waals surface area contributed by atoms with E-state index in [1.54, 1.807) is 0 Å². The highest BCUT2D eigenvalue weighted by molar-refractivity contribution is 6.01. The molecule has 5 aromatic carbocycles. The zero-order valence-electron chi connectivity index (χ0n) is 19.1. The molecule has 33 heavy (non-hydrogen) atoms. The van der Waals surface area contributed by atoms with E-state index in [0.29, 0.717) is 0 Å². The summed E-state index contributed by atoms with van der Waals surface area (Å²) in [6.07, 6.45) is 0.975. The van der Waals surface area contributed by atoms with Gasteiger partial charge in [0.1, 0.15) is 0 Å². The fraction of sp³-hybridized carbons (Fsp3) is 0.0909. The van der Waals surface area contributed by atoms with Crippen LogP contribution in [0.15, 0.2) is 109 Å². The molecule has 0 saturated heterocycles. The van der Waals surface area contributed by atoms with Crippen molar-refractivity contribution in [3.8, 4) is 44.5 Å². The van der Waals surface area contributed by atoms with Crippen LogP contribution in [-0.2, 0) is 6.42 Å². The fourth-order valence-corrected chi connectivity index (χ4v) is 5.18. The first-order valence-electron chi connectivity index (χ1n) is 11.7. The molecule has 0 saturated carbocycles. The normalized spacial score (nSPS) is 11.8. The Balaban J connectivity index is 1.75. The number of fused-ring (bicyclic) bond motifs is 3. The molecule has 0 fully saturated rings. The molecule has 0 amide bonds. The molecule has 0 nitrogen and oxygen atoms in total. The van der Waals surface area contributed by atoms with Crippen molar-refractivity contribution in [3.63, 3.8) is 0 Å². The summed E-state index contributed by atoms with van der Waals surface area (Å²) >= 11 is 0. The summed E-state index contributed by atoms with van der Waals surface area (Å²) in [5, 5.41) is 0. The van der Waals surface area contributed by atoms with Crippen LogP contribution in [0.2, 0.25) is 0 Å². The van der Waals surface area contributed by atoms with Gasteiger partial charge in [-0.25, -0.2) is 0 Å². The summed E-state index contributed by atoms with van der Waals surface area (Å²) in [5.41, 5.74) is 16.0. The summed E-state index contributed by atoms with van der Waals surface area (Å²) in [7, 11) is 0. The minimum atomic E-state index is 0.975. The SMILES string of the molecule is Cc1ccc(-c2cc3c(c(-c4ccccc4)c2-c2ccc(C)cc2)Cc2ccccc2-3)cc1. The van der Waals surface area contributed by atoms with Crippen LogP contribution in [-0.4, -0.2) is 0 Å². The molecule has 1 aliphatic carbocycles. The molecular weight excluding hydrogens is 396 g/mol. The van der Waals surface area contributed by atoms with Gasteiger partial charge >= 0.3 is 0 Å². The fourth-order valence-electron chi connectivity index (χ4n) is 5.18. The van der Waals surface area contributed by atoms with E-state index in [0.717, 1.165) is 6.42 Å². The van der Waals surface area contributed by atoms with E-state index < -0.39 is 0 Å². The molecule has 0 N–H and O–H groups in total. The van der Waals surface area contributed by atoms with E-state index in [-0.39, 0.29) is 0 Å². The third-order valence-corrected chi connectivity index (χ3v) is 6.87. The Bertz CT molecular complexity index is 1450. The summed E-state index contributed by atoms with van der Waals surface area (Å²) in [6.45, 7) is 4.31. The molecule has 0 heterocycles. The molecule has 0 atom stereocenters. The maximum Gasteiger partial charge on any atom is -0.000705 e. The minimum absolute atomic E-state index is 0.975. The molecular formula is C33H26. The predicted molar refractivity (Wildman–Crippen MR) is 140 cm³/mol. The van der Waals surface area contributed by atoms with Gasteiger partial charge in [0.25, 0.3) is 0 Å². The van der Waals surface area contributed by atoms with E-state index in [4.69, 9.17) is 0 Å². The van der Waals surface area contributed by atoms with Crippen LogP contribution >= 0.6 is 0 Å². The van der Waals surface area contributed by atoms with Crippen LogP contribution in [0.3, 0.4) is 0 Å². The van der Waals surface area contributed by atoms with Crippen LogP contribution in [0.25, 0.3) is 44.5 Å². The van der Waals surface area contributed by atoms with Gasteiger partial charge in [0.05, 0.1) is 0 Å². The van der Waals surface area contributed by atoms with Gasteiger partial charge < -0.3 is 0 Å². The molecule has 158 valence electrons. The molecule has 5 aromatic rings. The number of rotatable bonds is 3. The van der Waals surface area contributed by atoms with E-state index in [2.05, 4.69) is 123 Å². The highest BCUT2D eigenvalue weighted by atomic mass is 14.3. The molecule has 1 aliphatic rings. The predicted octanol–water partition coefficient (Wildman–Crippen LogP) is 8.88. The second-order valence-corrected chi connectivity index (χ2v) is 9.13. The number of benzene rings is 5. The quantitative estimate of drug-likeness (QED) is 0.267. The zero-order valence-corrected chi connectivity index (χ0v) is 19.1. The van der Waals surface area contributed by atoms with Crippen molar-refractivity contribution in [3.05, 3.63) is 131 Å². The average molecular weight is 423 g/mol. The molecule has 0 aromatic heterocycles. The maximum atomic E-state index is 2.44. The highest BCUT2D eigenvalue weighted by Gasteiger charge is 2.27. The van der Waals surface area contributed by atoms with Gasteiger partial charge in [-0.05, 0) is 82.0 Å². The van der Waals surface area contributed by atoms with Crippen LogP contribution in [0.4, 0.5) is 0 Å². The Morgan fingerprint density at radius 3 is 1.73 bits per heavy atom. The van der Waals surface area contributed by atoms with Gasteiger partial charge in [0, 0.05) is 0 Å². The van der Waals surface area contributed by atoms with Crippen molar-refractivity contribution >= 4 is 0 Å². The molecule has 0 unspecified atom stereocenters. The van der Waals surface area contributed by atoms with Gasteiger partial charge in [0.2, 0.25) is 0 Å². The van der Waals surface area contributed by atoms with Crippen LogP contribution in [0.5, 0.6) is 0 Å². The Hall–Kier alpha value is -3.90. The standard InChI is InChI=1S/C33H26/c1-22-12-16-24(17-13-22)29-21-30-28-11-7-6-10-27(28)20-31(30)33(25-8-4-3-5-9-25)32(29)26-18-14-23(2)15-19-26/h3-19,21H,20H2,1-2H3. The molecule has 0 heteroatoms. The van der Waals surface area contributed by atoms with Crippen molar-refractivity contribution in [2.45, 2.75) is 20.3 Å². The number of hydrogen-bond donors (Lipinski definition) is 0. The third kappa shape index (κ3) is 3.39. The van der Waals surface area contributed by atoms with Crippen molar-refractivity contribution in [2.24, 2.45) is 0 Å². The monoisotopic (exact) mass is 422 g/mol. The summed E-state index contributed by atoms with van der Waals surface area (Å²) in [5.74, 6) is 0. The first kappa shape index (κ1) is 19.8. The Morgan fingerprint density at radius 2 is 1.03 bits per heavy atom. The first-order chi connectivity index (χ1) is 16.2. The van der Waals surface area contributed by atoms with Gasteiger partial charge in [0.15, 0.2) is 0 Å². The van der Waals surface area contributed by atoms with E-state index in [1.807, 2.05) is 0 Å². The second kappa shape index (κ2) is 7.90. The van der Waals surface area contributed by atoms with Crippen molar-refractivity contribution < 1.29 is 0 Å². The number of aryl methyl sites for hydroxylation is 2. The highest BCUT2D eigenvalue weighted by Crippen LogP contribution is 2.50. The smallest absolute Gasteiger partial charge is 0.000705 e. The van der Waals surface area contributed by atoms with Gasteiger partial charge in [-0.15, -0.1) is 0 Å². The van der Waals surface area contributed by atoms with Crippen molar-refractivity contribution in [1.82, 2.24) is 0 Å². The Kier molecular flexibility index (Phi) is 4.73. The molecule has 0 spiro atoms. The lowest BCUT2D eigenvalue weighted by Gasteiger charge is -2.21. The lowest BCUT2D eigenvalue weighted by atomic mass is 9.82. The van der Waals surface area contributed by atoms with Crippen LogP contribution in [0.1, 0.15) is 22.3 Å². The van der Waals surface area contributed by atoms with Crippen LogP contribution in [0, 0.1) is 13.8 Å². The molecule has 0 aliphatic heterocycles. The third-order valence-electron chi connectivity index (χ3n) is 6.87. The second-order valence-electron chi connectivity index (χ2n) is 9.13. The van der Waals surface area contributed by atoms with Crippen molar-refractivity contribution in [1.29, 1.82) is 0 Å². The lowest BCUT2D eigenvalue weighted by molar-refractivity contribution is 1.26. The summed E-state index contributed by atoms with van der Waals surface area (Å²) in [6, 6.07) is 40.2.